The van der Waals surface area contributed by atoms with Gasteiger partial charge in [0.15, 0.2) is 11.5 Å². The number of fused-ring (bicyclic) bond motifs is 2. The largest absolute Gasteiger partial charge is 0.486 e. The second kappa shape index (κ2) is 6.18. The third-order valence-corrected chi connectivity index (χ3v) is 5.80. The van der Waals surface area contributed by atoms with Gasteiger partial charge in [-0.3, -0.25) is 9.69 Å². The predicted molar refractivity (Wildman–Crippen MR) is 91.2 cm³/mol. The highest BCUT2D eigenvalue weighted by Gasteiger charge is 2.43. The average Bonchev–Trinajstić information content (AvgIpc) is 3.51. The molecule has 4 aliphatic rings. The Morgan fingerprint density at radius 1 is 1.08 bits per heavy atom. The van der Waals surface area contributed by atoms with Crippen LogP contribution in [0.25, 0.3) is 0 Å². The standard InChI is InChI=1S/C19H24N2O4/c22-19(15-2-1-3-17-18(15)25-9-8-24-17)20-6-7-21-14(10-20)11-23-12-16(21)13-4-5-13/h1-3,13-14,16H,4-12H2/t14-,16-/m1/s1. The molecule has 0 aromatic heterocycles. The smallest absolute Gasteiger partial charge is 0.257 e. The summed E-state index contributed by atoms with van der Waals surface area (Å²) < 4.78 is 17.2. The highest BCUT2D eigenvalue weighted by molar-refractivity contribution is 5.98. The maximum Gasteiger partial charge on any atom is 0.257 e. The Bertz CT molecular complexity index is 675. The Hall–Kier alpha value is -1.79. The first-order valence-corrected chi connectivity index (χ1v) is 9.32. The van der Waals surface area contributed by atoms with Crippen LogP contribution in [0.1, 0.15) is 23.2 Å². The Morgan fingerprint density at radius 3 is 2.84 bits per heavy atom. The fraction of sp³-hybridized carbons (Fsp3) is 0.632. The van der Waals surface area contributed by atoms with E-state index in [9.17, 15) is 4.79 Å². The SMILES string of the molecule is O=C(c1cccc2c1OCCO2)N1CCN2[C@@H](COC[C@@H]2C2CC2)C1. The van der Waals surface area contributed by atoms with Gasteiger partial charge in [-0.25, -0.2) is 0 Å². The molecule has 5 rings (SSSR count). The van der Waals surface area contributed by atoms with Gasteiger partial charge in [0.05, 0.1) is 24.8 Å². The number of piperazine rings is 1. The van der Waals surface area contributed by atoms with Crippen LogP contribution in [0.2, 0.25) is 0 Å². The van der Waals surface area contributed by atoms with Crippen LogP contribution in [-0.2, 0) is 4.74 Å². The average molecular weight is 344 g/mol. The summed E-state index contributed by atoms with van der Waals surface area (Å²) in [5.74, 6) is 2.11. The molecule has 0 unspecified atom stereocenters. The Balaban J connectivity index is 1.34. The molecule has 3 heterocycles. The van der Waals surface area contributed by atoms with Gasteiger partial charge in [0.1, 0.15) is 13.2 Å². The molecule has 0 bridgehead atoms. The molecule has 0 spiro atoms. The molecule has 1 amide bonds. The van der Waals surface area contributed by atoms with E-state index in [2.05, 4.69) is 4.90 Å². The summed E-state index contributed by atoms with van der Waals surface area (Å²) in [6.45, 7) is 5.03. The second-order valence-electron chi connectivity index (χ2n) is 7.41. The van der Waals surface area contributed by atoms with Gasteiger partial charge in [0.25, 0.3) is 5.91 Å². The molecule has 1 aromatic carbocycles. The van der Waals surface area contributed by atoms with E-state index in [1.54, 1.807) is 0 Å². The van der Waals surface area contributed by atoms with E-state index in [1.807, 2.05) is 23.1 Å². The minimum atomic E-state index is 0.0375. The molecule has 0 radical (unpaired) electrons. The lowest BCUT2D eigenvalue weighted by atomic mass is 10.0. The third-order valence-electron chi connectivity index (χ3n) is 5.80. The van der Waals surface area contributed by atoms with Crippen LogP contribution in [0.4, 0.5) is 0 Å². The number of benzene rings is 1. The van der Waals surface area contributed by atoms with Crippen LogP contribution < -0.4 is 9.47 Å². The molecule has 6 heteroatoms. The number of nitrogens with zero attached hydrogens (tertiary/aromatic N) is 2. The Labute approximate surface area is 147 Å². The lowest BCUT2D eigenvalue weighted by Gasteiger charge is -2.48. The summed E-state index contributed by atoms with van der Waals surface area (Å²) in [5, 5.41) is 0. The van der Waals surface area contributed by atoms with Crippen molar-refractivity contribution < 1.29 is 19.0 Å². The normalized spacial score (nSPS) is 29.2. The van der Waals surface area contributed by atoms with Crippen molar-refractivity contribution in [2.75, 3.05) is 46.1 Å². The van der Waals surface area contributed by atoms with Gasteiger partial charge in [-0.2, -0.15) is 0 Å². The number of amides is 1. The van der Waals surface area contributed by atoms with E-state index < -0.39 is 0 Å². The molecule has 3 fully saturated rings. The molecule has 2 atom stereocenters. The van der Waals surface area contributed by atoms with E-state index in [-0.39, 0.29) is 5.91 Å². The number of hydrogen-bond donors (Lipinski definition) is 0. The van der Waals surface area contributed by atoms with Crippen LogP contribution in [0, 0.1) is 5.92 Å². The van der Waals surface area contributed by atoms with Gasteiger partial charge in [-0.15, -0.1) is 0 Å². The topological polar surface area (TPSA) is 51.2 Å². The van der Waals surface area contributed by atoms with E-state index >= 15 is 0 Å². The van der Waals surface area contributed by atoms with Crippen molar-refractivity contribution in [3.05, 3.63) is 23.8 Å². The van der Waals surface area contributed by atoms with Crippen molar-refractivity contribution in [3.8, 4) is 11.5 Å². The van der Waals surface area contributed by atoms with E-state index in [0.29, 0.717) is 42.4 Å². The summed E-state index contributed by atoms with van der Waals surface area (Å²) in [6, 6.07) is 6.43. The van der Waals surface area contributed by atoms with Gasteiger partial charge < -0.3 is 19.1 Å². The zero-order chi connectivity index (χ0) is 16.8. The van der Waals surface area contributed by atoms with Crippen molar-refractivity contribution in [3.63, 3.8) is 0 Å². The predicted octanol–water partition coefficient (Wildman–Crippen LogP) is 1.39. The van der Waals surface area contributed by atoms with Crippen molar-refractivity contribution in [1.29, 1.82) is 0 Å². The number of para-hydroxylation sites is 1. The quantitative estimate of drug-likeness (QED) is 0.812. The summed E-state index contributed by atoms with van der Waals surface area (Å²) in [6.07, 6.45) is 2.65. The molecule has 1 saturated carbocycles. The highest BCUT2D eigenvalue weighted by atomic mass is 16.6. The maximum atomic E-state index is 13.1. The molecular weight excluding hydrogens is 320 g/mol. The maximum absolute atomic E-state index is 13.1. The molecule has 1 aliphatic carbocycles. The zero-order valence-corrected chi connectivity index (χ0v) is 14.4. The van der Waals surface area contributed by atoms with Crippen LogP contribution in [0.3, 0.4) is 0 Å². The fourth-order valence-corrected chi connectivity index (χ4v) is 4.36. The molecule has 1 aromatic rings. The Morgan fingerprint density at radius 2 is 1.96 bits per heavy atom. The molecule has 3 aliphatic heterocycles. The number of rotatable bonds is 2. The molecule has 2 saturated heterocycles. The second-order valence-corrected chi connectivity index (χ2v) is 7.41. The molecular formula is C19H24N2O4. The van der Waals surface area contributed by atoms with Crippen molar-refractivity contribution >= 4 is 5.91 Å². The molecule has 134 valence electrons. The number of ether oxygens (including phenoxy) is 3. The minimum Gasteiger partial charge on any atom is -0.486 e. The third kappa shape index (κ3) is 2.77. The molecule has 25 heavy (non-hydrogen) atoms. The van der Waals surface area contributed by atoms with E-state index in [0.717, 1.165) is 38.8 Å². The van der Waals surface area contributed by atoms with Crippen molar-refractivity contribution in [2.45, 2.75) is 24.9 Å². The summed E-state index contributed by atoms with van der Waals surface area (Å²) in [7, 11) is 0. The zero-order valence-electron chi connectivity index (χ0n) is 14.4. The van der Waals surface area contributed by atoms with Gasteiger partial charge in [0.2, 0.25) is 0 Å². The summed E-state index contributed by atoms with van der Waals surface area (Å²) in [4.78, 5) is 17.6. The van der Waals surface area contributed by atoms with E-state index in [4.69, 9.17) is 14.2 Å². The summed E-state index contributed by atoms with van der Waals surface area (Å²) >= 11 is 0. The molecule has 0 N–H and O–H groups in total. The van der Waals surface area contributed by atoms with Gasteiger partial charge >= 0.3 is 0 Å². The number of morpholine rings is 1. The lowest BCUT2D eigenvalue weighted by molar-refractivity contribution is -0.0816. The van der Waals surface area contributed by atoms with Gasteiger partial charge in [0, 0.05) is 25.7 Å². The highest BCUT2D eigenvalue weighted by Crippen LogP contribution is 2.39. The molecule has 6 nitrogen and oxygen atoms in total. The fourth-order valence-electron chi connectivity index (χ4n) is 4.36. The van der Waals surface area contributed by atoms with Crippen LogP contribution in [-0.4, -0.2) is 73.9 Å². The van der Waals surface area contributed by atoms with Gasteiger partial charge in [-0.1, -0.05) is 6.07 Å². The van der Waals surface area contributed by atoms with Crippen LogP contribution in [0.5, 0.6) is 11.5 Å². The number of hydrogen-bond acceptors (Lipinski definition) is 5. The van der Waals surface area contributed by atoms with Gasteiger partial charge in [-0.05, 0) is 30.9 Å². The monoisotopic (exact) mass is 344 g/mol. The summed E-state index contributed by atoms with van der Waals surface area (Å²) in [5.41, 5.74) is 0.612. The van der Waals surface area contributed by atoms with E-state index in [1.165, 1.54) is 12.8 Å². The number of carbonyl (C=O) groups is 1. The Kier molecular flexibility index (Phi) is 3.82. The minimum absolute atomic E-state index is 0.0375. The van der Waals surface area contributed by atoms with Crippen LogP contribution >= 0.6 is 0 Å². The first-order valence-electron chi connectivity index (χ1n) is 9.32. The first kappa shape index (κ1) is 15.5. The van der Waals surface area contributed by atoms with Crippen molar-refractivity contribution in [1.82, 2.24) is 9.80 Å². The lowest BCUT2D eigenvalue weighted by Crippen LogP contribution is -2.63. The number of carbonyl (C=O) groups excluding carboxylic acids is 1. The van der Waals surface area contributed by atoms with Crippen LogP contribution in [0.15, 0.2) is 18.2 Å². The van der Waals surface area contributed by atoms with Crippen molar-refractivity contribution in [2.24, 2.45) is 5.92 Å². The first-order chi connectivity index (χ1) is 12.3.